The van der Waals surface area contributed by atoms with Crippen LogP contribution in [0.2, 0.25) is 0 Å². The van der Waals surface area contributed by atoms with E-state index in [1.165, 1.54) is 12.1 Å². The highest BCUT2D eigenvalue weighted by molar-refractivity contribution is 7.99. The molecule has 1 aromatic rings. The fraction of sp³-hybridized carbons (Fsp3) is 0.400. The number of unbranched alkanes of at least 4 members (excludes halogenated alkanes) is 1. The first kappa shape index (κ1) is 12.3. The van der Waals surface area contributed by atoms with Crippen molar-refractivity contribution in [3.8, 4) is 0 Å². The van der Waals surface area contributed by atoms with Gasteiger partial charge in [0.05, 0.1) is 4.92 Å². The van der Waals surface area contributed by atoms with Gasteiger partial charge >= 0.3 is 0 Å². The van der Waals surface area contributed by atoms with Crippen molar-refractivity contribution in [1.82, 2.24) is 0 Å². The van der Waals surface area contributed by atoms with Gasteiger partial charge < -0.3 is 0 Å². The van der Waals surface area contributed by atoms with Crippen LogP contribution >= 0.6 is 23.4 Å². The molecule has 0 aliphatic rings. The largest absolute Gasteiger partial charge is 0.269 e. The highest BCUT2D eigenvalue weighted by atomic mass is 35.5. The van der Waals surface area contributed by atoms with Crippen LogP contribution in [-0.4, -0.2) is 16.6 Å². The lowest BCUT2D eigenvalue weighted by molar-refractivity contribution is -0.384. The first-order valence-electron chi connectivity index (χ1n) is 4.67. The summed E-state index contributed by atoms with van der Waals surface area (Å²) in [7, 11) is 0. The van der Waals surface area contributed by atoms with E-state index in [1.54, 1.807) is 23.9 Å². The number of halogens is 1. The van der Waals surface area contributed by atoms with Crippen molar-refractivity contribution in [3.63, 3.8) is 0 Å². The maximum Gasteiger partial charge on any atom is 0.269 e. The molecule has 82 valence electrons. The van der Waals surface area contributed by atoms with Gasteiger partial charge in [0.1, 0.15) is 0 Å². The minimum Gasteiger partial charge on any atom is -0.258 e. The Morgan fingerprint density at radius 1 is 1.27 bits per heavy atom. The van der Waals surface area contributed by atoms with E-state index in [1.807, 2.05) is 0 Å². The summed E-state index contributed by atoms with van der Waals surface area (Å²) in [5.74, 6) is 1.70. The van der Waals surface area contributed by atoms with E-state index >= 15 is 0 Å². The Balaban J connectivity index is 2.39. The Labute approximate surface area is 98.0 Å². The van der Waals surface area contributed by atoms with Gasteiger partial charge in [0, 0.05) is 22.9 Å². The SMILES string of the molecule is O=[N+]([O-])c1ccc(SCCCCCl)cc1. The van der Waals surface area contributed by atoms with Gasteiger partial charge in [-0.2, -0.15) is 0 Å². The number of nitrogens with zero attached hydrogens (tertiary/aromatic N) is 1. The third-order valence-corrected chi connectivity index (χ3v) is 3.21. The number of thioether (sulfide) groups is 1. The van der Waals surface area contributed by atoms with Gasteiger partial charge in [-0.1, -0.05) is 0 Å². The average molecular weight is 246 g/mol. The van der Waals surface area contributed by atoms with Gasteiger partial charge in [-0.3, -0.25) is 10.1 Å². The summed E-state index contributed by atoms with van der Waals surface area (Å²) < 4.78 is 0. The predicted octanol–water partition coefficient (Wildman–Crippen LogP) is 3.71. The molecule has 0 saturated heterocycles. The molecule has 0 amide bonds. The zero-order chi connectivity index (χ0) is 11.1. The first-order valence-corrected chi connectivity index (χ1v) is 6.19. The summed E-state index contributed by atoms with van der Waals surface area (Å²) >= 11 is 7.25. The normalized spacial score (nSPS) is 10.2. The molecule has 0 bridgehead atoms. The van der Waals surface area contributed by atoms with Gasteiger partial charge in [0.15, 0.2) is 0 Å². The summed E-state index contributed by atoms with van der Waals surface area (Å²) in [4.78, 5) is 11.1. The van der Waals surface area contributed by atoms with E-state index in [2.05, 4.69) is 0 Å². The van der Waals surface area contributed by atoms with Crippen molar-refractivity contribution in [2.75, 3.05) is 11.6 Å². The zero-order valence-electron chi connectivity index (χ0n) is 8.19. The summed E-state index contributed by atoms with van der Waals surface area (Å²) in [5.41, 5.74) is 0.139. The van der Waals surface area contributed by atoms with Crippen molar-refractivity contribution >= 4 is 29.1 Å². The van der Waals surface area contributed by atoms with Gasteiger partial charge in [-0.05, 0) is 30.7 Å². The molecule has 0 aliphatic heterocycles. The molecular weight excluding hydrogens is 234 g/mol. The van der Waals surface area contributed by atoms with Crippen molar-refractivity contribution in [1.29, 1.82) is 0 Å². The molecule has 1 rings (SSSR count). The number of alkyl halides is 1. The Bertz CT molecular complexity index is 316. The number of benzene rings is 1. The van der Waals surface area contributed by atoms with E-state index in [4.69, 9.17) is 11.6 Å². The number of non-ortho nitro benzene ring substituents is 1. The second-order valence-electron chi connectivity index (χ2n) is 3.00. The van der Waals surface area contributed by atoms with Crippen LogP contribution in [0.5, 0.6) is 0 Å². The molecule has 0 radical (unpaired) electrons. The quantitative estimate of drug-likeness (QED) is 0.252. The molecule has 0 unspecified atom stereocenters. The lowest BCUT2D eigenvalue weighted by Crippen LogP contribution is -1.87. The molecule has 0 N–H and O–H groups in total. The van der Waals surface area contributed by atoms with Crippen LogP contribution in [-0.2, 0) is 0 Å². The van der Waals surface area contributed by atoms with E-state index < -0.39 is 0 Å². The van der Waals surface area contributed by atoms with Crippen molar-refractivity contribution in [2.24, 2.45) is 0 Å². The summed E-state index contributed by atoms with van der Waals surface area (Å²) in [5, 5.41) is 10.4. The standard InChI is InChI=1S/C10H12ClNO2S/c11-7-1-2-8-15-10-5-3-9(4-6-10)12(13)14/h3-6H,1-2,7-8H2. The van der Waals surface area contributed by atoms with Crippen LogP contribution < -0.4 is 0 Å². The second kappa shape index (κ2) is 6.69. The minimum atomic E-state index is -0.387. The van der Waals surface area contributed by atoms with E-state index in [0.717, 1.165) is 23.5 Å². The monoisotopic (exact) mass is 245 g/mol. The number of hydrogen-bond donors (Lipinski definition) is 0. The summed E-state index contributed by atoms with van der Waals surface area (Å²) in [6.07, 6.45) is 2.09. The molecule has 0 atom stereocenters. The van der Waals surface area contributed by atoms with E-state index in [-0.39, 0.29) is 10.6 Å². The highest BCUT2D eigenvalue weighted by Gasteiger charge is 2.03. The molecule has 0 fully saturated rings. The van der Waals surface area contributed by atoms with Crippen LogP contribution in [0.25, 0.3) is 0 Å². The summed E-state index contributed by atoms with van der Waals surface area (Å²) in [6, 6.07) is 6.63. The Hall–Kier alpha value is -0.740. The maximum atomic E-state index is 10.4. The molecule has 0 saturated carbocycles. The van der Waals surface area contributed by atoms with Crippen molar-refractivity contribution < 1.29 is 4.92 Å². The van der Waals surface area contributed by atoms with Crippen LogP contribution in [0.4, 0.5) is 5.69 Å². The smallest absolute Gasteiger partial charge is 0.258 e. The summed E-state index contributed by atoms with van der Waals surface area (Å²) in [6.45, 7) is 0. The number of hydrogen-bond acceptors (Lipinski definition) is 3. The van der Waals surface area contributed by atoms with Crippen molar-refractivity contribution in [3.05, 3.63) is 34.4 Å². The van der Waals surface area contributed by atoms with Crippen LogP contribution in [0, 0.1) is 10.1 Å². The Morgan fingerprint density at radius 2 is 1.93 bits per heavy atom. The van der Waals surface area contributed by atoms with Gasteiger partial charge in [0.2, 0.25) is 0 Å². The van der Waals surface area contributed by atoms with Crippen LogP contribution in [0.3, 0.4) is 0 Å². The van der Waals surface area contributed by atoms with Gasteiger partial charge in [0.25, 0.3) is 5.69 Å². The number of nitro benzene ring substituents is 1. The van der Waals surface area contributed by atoms with Crippen molar-refractivity contribution in [2.45, 2.75) is 17.7 Å². The number of nitro groups is 1. The topological polar surface area (TPSA) is 43.1 Å². The molecule has 0 aromatic heterocycles. The maximum absolute atomic E-state index is 10.4. The lowest BCUT2D eigenvalue weighted by Gasteiger charge is -1.99. The molecule has 3 nitrogen and oxygen atoms in total. The molecule has 0 spiro atoms. The Morgan fingerprint density at radius 3 is 2.47 bits per heavy atom. The first-order chi connectivity index (χ1) is 7.24. The number of rotatable bonds is 6. The second-order valence-corrected chi connectivity index (χ2v) is 4.54. The van der Waals surface area contributed by atoms with E-state index in [9.17, 15) is 10.1 Å². The lowest BCUT2D eigenvalue weighted by atomic mass is 10.3. The molecule has 0 heterocycles. The Kier molecular flexibility index (Phi) is 5.50. The third-order valence-electron chi connectivity index (χ3n) is 1.84. The minimum absolute atomic E-state index is 0.139. The molecule has 0 aliphatic carbocycles. The van der Waals surface area contributed by atoms with Gasteiger partial charge in [-0.15, -0.1) is 23.4 Å². The molecular formula is C10H12ClNO2S. The van der Waals surface area contributed by atoms with E-state index in [0.29, 0.717) is 5.88 Å². The van der Waals surface area contributed by atoms with Gasteiger partial charge in [-0.25, -0.2) is 0 Å². The highest BCUT2D eigenvalue weighted by Crippen LogP contribution is 2.22. The molecule has 1 aromatic carbocycles. The molecule has 5 heteroatoms. The van der Waals surface area contributed by atoms with Crippen LogP contribution in [0.1, 0.15) is 12.8 Å². The van der Waals surface area contributed by atoms with Crippen LogP contribution in [0.15, 0.2) is 29.2 Å². The predicted molar refractivity (Wildman–Crippen MR) is 63.8 cm³/mol. The average Bonchev–Trinajstić information content (AvgIpc) is 2.25. The zero-order valence-corrected chi connectivity index (χ0v) is 9.76. The fourth-order valence-electron chi connectivity index (χ4n) is 1.05. The third kappa shape index (κ3) is 4.53. The molecule has 15 heavy (non-hydrogen) atoms. The fourth-order valence-corrected chi connectivity index (χ4v) is 2.15.